The average Bonchev–Trinajstić information content (AvgIpc) is 2.24. The van der Waals surface area contributed by atoms with Gasteiger partial charge in [0.1, 0.15) is 0 Å². The van der Waals surface area contributed by atoms with E-state index in [2.05, 4.69) is 0 Å². The van der Waals surface area contributed by atoms with Crippen molar-refractivity contribution in [3.05, 3.63) is 11.6 Å². The van der Waals surface area contributed by atoms with Crippen molar-refractivity contribution in [2.45, 2.75) is 40.5 Å². The van der Waals surface area contributed by atoms with Gasteiger partial charge in [0.05, 0.1) is 13.2 Å². The van der Waals surface area contributed by atoms with Crippen molar-refractivity contribution < 1.29 is 19.1 Å². The molecular weight excluding hydrogens is 220 g/mol. The molecule has 0 aliphatic heterocycles. The molecular formula is C13H22O4. The Balaban J connectivity index is 4.40. The molecule has 0 bridgehead atoms. The zero-order valence-electron chi connectivity index (χ0n) is 11.1. The second kappa shape index (κ2) is 8.79. The number of rotatable bonds is 7. The molecule has 98 valence electrons. The van der Waals surface area contributed by atoms with Crippen LogP contribution >= 0.6 is 0 Å². The third-order valence-electron chi connectivity index (χ3n) is 1.98. The summed E-state index contributed by atoms with van der Waals surface area (Å²) in [5.41, 5.74) is 0.551. The van der Waals surface area contributed by atoms with Gasteiger partial charge in [0.25, 0.3) is 0 Å². The van der Waals surface area contributed by atoms with Crippen LogP contribution < -0.4 is 0 Å². The Morgan fingerprint density at radius 1 is 1.06 bits per heavy atom. The minimum absolute atomic E-state index is 0.213. The smallest absolute Gasteiger partial charge is 0.333 e. The highest BCUT2D eigenvalue weighted by Crippen LogP contribution is 2.12. The van der Waals surface area contributed by atoms with E-state index in [1.807, 2.05) is 19.9 Å². The molecule has 0 unspecified atom stereocenters. The van der Waals surface area contributed by atoms with E-state index in [0.29, 0.717) is 25.2 Å². The standard InChI is InChI=1S/C13H22O4/c1-5-16-12(14)8-7-11(9-10(3)4)13(15)17-6-2/h9-10H,5-8H2,1-4H3/b11-9+. The fraction of sp³-hybridized carbons (Fsp3) is 0.692. The van der Waals surface area contributed by atoms with E-state index in [9.17, 15) is 9.59 Å². The summed E-state index contributed by atoms with van der Waals surface area (Å²) in [6, 6.07) is 0. The lowest BCUT2D eigenvalue weighted by Crippen LogP contribution is -2.11. The van der Waals surface area contributed by atoms with Crippen LogP contribution in [0.3, 0.4) is 0 Å². The maximum Gasteiger partial charge on any atom is 0.333 e. The number of carbonyl (C=O) groups is 2. The molecule has 0 aromatic carbocycles. The van der Waals surface area contributed by atoms with E-state index in [0.717, 1.165) is 0 Å². The van der Waals surface area contributed by atoms with E-state index in [-0.39, 0.29) is 24.3 Å². The van der Waals surface area contributed by atoms with Gasteiger partial charge in [-0.2, -0.15) is 0 Å². The largest absolute Gasteiger partial charge is 0.466 e. The first-order valence-electron chi connectivity index (χ1n) is 6.04. The van der Waals surface area contributed by atoms with Gasteiger partial charge < -0.3 is 9.47 Å². The number of allylic oxidation sites excluding steroid dienone is 1. The van der Waals surface area contributed by atoms with Crippen LogP contribution in [0.15, 0.2) is 11.6 Å². The molecule has 0 aliphatic rings. The summed E-state index contributed by atoms with van der Waals surface area (Å²) in [6.07, 6.45) is 2.41. The monoisotopic (exact) mass is 242 g/mol. The highest BCUT2D eigenvalue weighted by atomic mass is 16.5. The third-order valence-corrected chi connectivity index (χ3v) is 1.98. The highest BCUT2D eigenvalue weighted by molar-refractivity contribution is 5.89. The van der Waals surface area contributed by atoms with Gasteiger partial charge >= 0.3 is 11.9 Å². The Morgan fingerprint density at radius 2 is 1.65 bits per heavy atom. The summed E-state index contributed by atoms with van der Waals surface area (Å²) in [5.74, 6) is -0.381. The summed E-state index contributed by atoms with van der Waals surface area (Å²) in [7, 11) is 0. The van der Waals surface area contributed by atoms with Crippen LogP contribution in [0.2, 0.25) is 0 Å². The fourth-order valence-corrected chi connectivity index (χ4v) is 1.35. The second-order valence-electron chi connectivity index (χ2n) is 3.96. The van der Waals surface area contributed by atoms with Crippen LogP contribution in [-0.2, 0) is 19.1 Å². The number of ether oxygens (including phenoxy) is 2. The first-order valence-corrected chi connectivity index (χ1v) is 6.04. The molecule has 4 heteroatoms. The Hall–Kier alpha value is -1.32. The molecule has 0 rings (SSSR count). The number of hydrogen-bond acceptors (Lipinski definition) is 4. The molecule has 0 amide bonds. The van der Waals surface area contributed by atoms with Gasteiger partial charge in [0.15, 0.2) is 0 Å². The molecule has 0 saturated carbocycles. The highest BCUT2D eigenvalue weighted by Gasteiger charge is 2.13. The molecule has 0 atom stereocenters. The predicted molar refractivity (Wildman–Crippen MR) is 65.4 cm³/mol. The molecule has 0 spiro atoms. The van der Waals surface area contributed by atoms with Gasteiger partial charge in [-0.05, 0) is 26.2 Å². The summed E-state index contributed by atoms with van der Waals surface area (Å²) in [6.45, 7) is 8.17. The van der Waals surface area contributed by atoms with Crippen molar-refractivity contribution in [1.82, 2.24) is 0 Å². The van der Waals surface area contributed by atoms with E-state index in [1.165, 1.54) is 0 Å². The van der Waals surface area contributed by atoms with Crippen LogP contribution in [-0.4, -0.2) is 25.2 Å². The fourth-order valence-electron chi connectivity index (χ4n) is 1.35. The molecule has 0 aromatic rings. The van der Waals surface area contributed by atoms with Crippen LogP contribution in [0.1, 0.15) is 40.5 Å². The van der Waals surface area contributed by atoms with Gasteiger partial charge in [0.2, 0.25) is 0 Å². The zero-order valence-corrected chi connectivity index (χ0v) is 11.1. The molecule has 0 heterocycles. The summed E-state index contributed by atoms with van der Waals surface area (Å²) >= 11 is 0. The maximum absolute atomic E-state index is 11.6. The summed E-state index contributed by atoms with van der Waals surface area (Å²) < 4.78 is 9.76. The minimum Gasteiger partial charge on any atom is -0.466 e. The Kier molecular flexibility index (Phi) is 8.11. The van der Waals surface area contributed by atoms with Gasteiger partial charge in [-0.3, -0.25) is 4.79 Å². The topological polar surface area (TPSA) is 52.6 Å². The van der Waals surface area contributed by atoms with Crippen LogP contribution in [0.4, 0.5) is 0 Å². The SMILES string of the molecule is CCOC(=O)CC/C(=C\C(C)C)C(=O)OCC. The van der Waals surface area contributed by atoms with Crippen molar-refractivity contribution in [2.75, 3.05) is 13.2 Å². The quantitative estimate of drug-likeness (QED) is 0.508. The third kappa shape index (κ3) is 7.55. The molecule has 0 N–H and O–H groups in total. The normalized spacial score (nSPS) is 11.5. The average molecular weight is 242 g/mol. The maximum atomic E-state index is 11.6. The van der Waals surface area contributed by atoms with Gasteiger partial charge in [-0.15, -0.1) is 0 Å². The first kappa shape index (κ1) is 15.7. The molecule has 0 saturated heterocycles. The first-order chi connectivity index (χ1) is 8.01. The molecule has 0 aliphatic carbocycles. The summed E-state index contributed by atoms with van der Waals surface area (Å²) in [5, 5.41) is 0. The van der Waals surface area contributed by atoms with Crippen molar-refractivity contribution in [3.8, 4) is 0 Å². The summed E-state index contributed by atoms with van der Waals surface area (Å²) in [4.78, 5) is 22.8. The van der Waals surface area contributed by atoms with Crippen molar-refractivity contribution in [1.29, 1.82) is 0 Å². The van der Waals surface area contributed by atoms with Crippen LogP contribution in [0, 0.1) is 5.92 Å². The molecule has 0 radical (unpaired) electrons. The van der Waals surface area contributed by atoms with E-state index >= 15 is 0 Å². The van der Waals surface area contributed by atoms with Gasteiger partial charge in [-0.1, -0.05) is 19.9 Å². The van der Waals surface area contributed by atoms with Crippen LogP contribution in [0.5, 0.6) is 0 Å². The minimum atomic E-state index is -0.342. The second-order valence-corrected chi connectivity index (χ2v) is 3.96. The van der Waals surface area contributed by atoms with Gasteiger partial charge in [-0.25, -0.2) is 4.79 Å². The van der Waals surface area contributed by atoms with Crippen molar-refractivity contribution >= 4 is 11.9 Å². The lowest BCUT2D eigenvalue weighted by atomic mass is 10.1. The number of esters is 2. The molecule has 4 nitrogen and oxygen atoms in total. The lowest BCUT2D eigenvalue weighted by molar-refractivity contribution is -0.143. The van der Waals surface area contributed by atoms with Gasteiger partial charge in [0, 0.05) is 12.0 Å². The predicted octanol–water partition coefficient (Wildman–Crippen LogP) is 2.48. The van der Waals surface area contributed by atoms with E-state index in [1.54, 1.807) is 13.8 Å². The van der Waals surface area contributed by atoms with E-state index < -0.39 is 0 Å². The number of carbonyl (C=O) groups excluding carboxylic acids is 2. The zero-order chi connectivity index (χ0) is 13.3. The molecule has 0 aromatic heterocycles. The molecule has 0 fully saturated rings. The van der Waals surface area contributed by atoms with Crippen molar-refractivity contribution in [2.24, 2.45) is 5.92 Å². The Labute approximate surface area is 103 Å². The lowest BCUT2D eigenvalue weighted by Gasteiger charge is -2.08. The van der Waals surface area contributed by atoms with Crippen molar-refractivity contribution in [3.63, 3.8) is 0 Å². The van der Waals surface area contributed by atoms with E-state index in [4.69, 9.17) is 9.47 Å². The Morgan fingerprint density at radius 3 is 2.12 bits per heavy atom. The van der Waals surface area contributed by atoms with Crippen LogP contribution in [0.25, 0.3) is 0 Å². The number of hydrogen-bond donors (Lipinski definition) is 0. The Bertz CT molecular complexity index is 279. The molecule has 17 heavy (non-hydrogen) atoms.